The number of carboxylic acid groups (broad SMARTS) is 1. The van der Waals surface area contributed by atoms with Crippen LogP contribution < -0.4 is 0 Å². The zero-order valence-electron chi connectivity index (χ0n) is 12.7. The van der Waals surface area contributed by atoms with E-state index in [2.05, 4.69) is 24.8 Å². The number of fused-ring (bicyclic) bond motifs is 1. The molecule has 0 saturated heterocycles. The molecule has 1 N–H and O–H groups in total. The largest absolute Gasteiger partial charge is 0.465 e. The second-order valence-corrected chi connectivity index (χ2v) is 6.48. The van der Waals surface area contributed by atoms with Gasteiger partial charge in [0.2, 0.25) is 0 Å². The third kappa shape index (κ3) is 2.90. The van der Waals surface area contributed by atoms with Gasteiger partial charge in [-0.2, -0.15) is 17.9 Å². The van der Waals surface area contributed by atoms with Crippen LogP contribution in [-0.2, 0) is 13.1 Å². The Bertz CT molecular complexity index is 807. The van der Waals surface area contributed by atoms with Crippen molar-refractivity contribution in [3.8, 4) is 17.2 Å². The molecule has 23 heavy (non-hydrogen) atoms. The SMILES string of the molecule is CC(S)c1cc2c(c(-c3ccc(C#N)cc3)c1)CN(C(=O)O)C2. The van der Waals surface area contributed by atoms with Gasteiger partial charge >= 0.3 is 6.09 Å². The van der Waals surface area contributed by atoms with E-state index >= 15 is 0 Å². The van der Waals surface area contributed by atoms with Crippen molar-refractivity contribution in [2.24, 2.45) is 0 Å². The molecule has 0 radical (unpaired) electrons. The van der Waals surface area contributed by atoms with Crippen LogP contribution in [0.2, 0.25) is 0 Å². The molecule has 0 fully saturated rings. The fraction of sp³-hybridized carbons (Fsp3) is 0.222. The van der Waals surface area contributed by atoms with Gasteiger partial charge in [0, 0.05) is 11.8 Å². The Kier molecular flexibility index (Phi) is 4.01. The first-order valence-corrected chi connectivity index (χ1v) is 7.83. The van der Waals surface area contributed by atoms with Crippen LogP contribution >= 0.6 is 12.6 Å². The minimum atomic E-state index is -0.910. The lowest BCUT2D eigenvalue weighted by molar-refractivity contribution is 0.145. The lowest BCUT2D eigenvalue weighted by Gasteiger charge is -2.13. The highest BCUT2D eigenvalue weighted by Gasteiger charge is 2.26. The van der Waals surface area contributed by atoms with E-state index in [1.54, 1.807) is 12.1 Å². The summed E-state index contributed by atoms with van der Waals surface area (Å²) in [7, 11) is 0. The van der Waals surface area contributed by atoms with Crippen LogP contribution in [0.15, 0.2) is 36.4 Å². The topological polar surface area (TPSA) is 64.3 Å². The average molecular weight is 324 g/mol. The van der Waals surface area contributed by atoms with Crippen molar-refractivity contribution in [3.63, 3.8) is 0 Å². The number of benzene rings is 2. The summed E-state index contributed by atoms with van der Waals surface area (Å²) in [6, 6.07) is 13.6. The highest BCUT2D eigenvalue weighted by atomic mass is 32.1. The molecule has 0 bridgehead atoms. The molecule has 1 aliphatic heterocycles. The predicted molar refractivity (Wildman–Crippen MR) is 91.3 cm³/mol. The molecule has 1 aliphatic rings. The number of nitrogens with zero attached hydrogens (tertiary/aromatic N) is 2. The van der Waals surface area contributed by atoms with Crippen molar-refractivity contribution in [2.75, 3.05) is 0 Å². The highest BCUT2D eigenvalue weighted by molar-refractivity contribution is 7.80. The summed E-state index contributed by atoms with van der Waals surface area (Å²) in [5, 5.41) is 18.3. The highest BCUT2D eigenvalue weighted by Crippen LogP contribution is 2.36. The van der Waals surface area contributed by atoms with Crippen LogP contribution in [0.3, 0.4) is 0 Å². The molecule has 2 aromatic rings. The zero-order valence-corrected chi connectivity index (χ0v) is 13.5. The molecule has 0 aliphatic carbocycles. The van der Waals surface area contributed by atoms with Crippen LogP contribution in [0.4, 0.5) is 4.79 Å². The van der Waals surface area contributed by atoms with Crippen molar-refractivity contribution >= 4 is 18.7 Å². The number of hydrogen-bond donors (Lipinski definition) is 2. The normalized spacial score (nSPS) is 14.2. The third-order valence-electron chi connectivity index (χ3n) is 4.15. The maximum absolute atomic E-state index is 11.3. The number of thiol groups is 1. The van der Waals surface area contributed by atoms with Crippen LogP contribution in [0.25, 0.3) is 11.1 Å². The lowest BCUT2D eigenvalue weighted by Crippen LogP contribution is -2.22. The van der Waals surface area contributed by atoms with Crippen LogP contribution in [0, 0.1) is 11.3 Å². The molecule has 1 unspecified atom stereocenters. The molecule has 0 saturated carbocycles. The number of hydrogen-bond acceptors (Lipinski definition) is 3. The van der Waals surface area contributed by atoms with E-state index in [-0.39, 0.29) is 5.25 Å². The van der Waals surface area contributed by atoms with E-state index in [4.69, 9.17) is 5.26 Å². The summed E-state index contributed by atoms with van der Waals surface area (Å²) >= 11 is 4.51. The molecular formula is C18H16N2O2S. The van der Waals surface area contributed by atoms with Gasteiger partial charge in [-0.1, -0.05) is 18.2 Å². The van der Waals surface area contributed by atoms with E-state index in [0.29, 0.717) is 18.7 Å². The number of amides is 1. The van der Waals surface area contributed by atoms with E-state index < -0.39 is 6.09 Å². The van der Waals surface area contributed by atoms with Gasteiger partial charge in [-0.15, -0.1) is 0 Å². The van der Waals surface area contributed by atoms with E-state index in [0.717, 1.165) is 27.8 Å². The Balaban J connectivity index is 2.12. The maximum atomic E-state index is 11.3. The molecule has 0 spiro atoms. The number of nitriles is 1. The van der Waals surface area contributed by atoms with Gasteiger partial charge < -0.3 is 5.11 Å². The Morgan fingerprint density at radius 2 is 2.00 bits per heavy atom. The second kappa shape index (κ2) is 5.98. The maximum Gasteiger partial charge on any atom is 0.407 e. The smallest absolute Gasteiger partial charge is 0.407 e. The van der Waals surface area contributed by atoms with Crippen molar-refractivity contribution in [1.29, 1.82) is 5.26 Å². The summed E-state index contributed by atoms with van der Waals surface area (Å²) < 4.78 is 0. The predicted octanol–water partition coefficient (Wildman–Crippen LogP) is 4.21. The van der Waals surface area contributed by atoms with Gasteiger partial charge in [0.15, 0.2) is 0 Å². The molecule has 5 heteroatoms. The van der Waals surface area contributed by atoms with Crippen LogP contribution in [0.1, 0.15) is 34.4 Å². The first-order chi connectivity index (χ1) is 11.0. The molecular weight excluding hydrogens is 308 g/mol. The minimum Gasteiger partial charge on any atom is -0.465 e. The molecule has 1 heterocycles. The van der Waals surface area contributed by atoms with Crippen LogP contribution in [-0.4, -0.2) is 16.1 Å². The molecule has 3 rings (SSSR count). The monoisotopic (exact) mass is 324 g/mol. The molecule has 116 valence electrons. The molecule has 2 aromatic carbocycles. The van der Waals surface area contributed by atoms with Gasteiger partial charge in [-0.3, -0.25) is 4.90 Å². The fourth-order valence-electron chi connectivity index (χ4n) is 2.90. The third-order valence-corrected chi connectivity index (χ3v) is 4.45. The summed E-state index contributed by atoms with van der Waals surface area (Å²) in [6.07, 6.45) is -0.910. The Morgan fingerprint density at radius 1 is 1.30 bits per heavy atom. The van der Waals surface area contributed by atoms with Gasteiger partial charge in [-0.25, -0.2) is 4.79 Å². The van der Waals surface area contributed by atoms with Crippen molar-refractivity contribution < 1.29 is 9.90 Å². The van der Waals surface area contributed by atoms with Crippen molar-refractivity contribution in [1.82, 2.24) is 4.90 Å². The number of rotatable bonds is 2. The zero-order chi connectivity index (χ0) is 16.6. The first kappa shape index (κ1) is 15.4. The number of carbonyl (C=O) groups is 1. The standard InChI is InChI=1S/C18H16N2O2S/c1-11(23)14-6-15-9-20(18(21)22)10-17(15)16(7-14)13-4-2-12(8-19)3-5-13/h2-7,11,23H,9-10H2,1H3,(H,21,22). The van der Waals surface area contributed by atoms with Crippen molar-refractivity contribution in [2.45, 2.75) is 25.3 Å². The van der Waals surface area contributed by atoms with E-state index in [1.165, 1.54) is 4.90 Å². The van der Waals surface area contributed by atoms with E-state index in [9.17, 15) is 9.90 Å². The molecule has 1 atom stereocenters. The summed E-state index contributed by atoms with van der Waals surface area (Å²) in [5.74, 6) is 0. The second-order valence-electron chi connectivity index (χ2n) is 5.71. The Morgan fingerprint density at radius 3 is 2.57 bits per heavy atom. The summed E-state index contributed by atoms with van der Waals surface area (Å²) in [6.45, 7) is 2.79. The first-order valence-electron chi connectivity index (χ1n) is 7.31. The van der Waals surface area contributed by atoms with Crippen molar-refractivity contribution in [3.05, 3.63) is 58.7 Å². The van der Waals surface area contributed by atoms with Crippen LogP contribution in [0.5, 0.6) is 0 Å². The Hall–Kier alpha value is -2.45. The Labute approximate surface area is 140 Å². The van der Waals surface area contributed by atoms with Gasteiger partial charge in [0.1, 0.15) is 0 Å². The summed E-state index contributed by atoms with van der Waals surface area (Å²) in [4.78, 5) is 12.7. The van der Waals surface area contributed by atoms with Gasteiger partial charge in [0.25, 0.3) is 0 Å². The summed E-state index contributed by atoms with van der Waals surface area (Å²) in [5.41, 5.74) is 5.75. The lowest BCUT2D eigenvalue weighted by atomic mass is 9.93. The fourth-order valence-corrected chi connectivity index (χ4v) is 3.04. The quantitative estimate of drug-likeness (QED) is 0.813. The molecule has 1 amide bonds. The molecule has 4 nitrogen and oxygen atoms in total. The minimum absolute atomic E-state index is 0.0660. The molecule has 0 aromatic heterocycles. The van der Waals surface area contributed by atoms with E-state index in [1.807, 2.05) is 25.1 Å². The van der Waals surface area contributed by atoms with Gasteiger partial charge in [0.05, 0.1) is 18.2 Å². The van der Waals surface area contributed by atoms with Gasteiger partial charge in [-0.05, 0) is 52.9 Å². The average Bonchev–Trinajstić information content (AvgIpc) is 2.98.